The number of nitrogens with one attached hydrogen (secondary N) is 2. The lowest BCUT2D eigenvalue weighted by Gasteiger charge is -2.19. The normalized spacial score (nSPS) is 11.3. The van der Waals surface area contributed by atoms with Gasteiger partial charge in [-0.2, -0.15) is 0 Å². The molecule has 3 heterocycles. The van der Waals surface area contributed by atoms with Crippen LogP contribution in [0.5, 0.6) is 0 Å². The summed E-state index contributed by atoms with van der Waals surface area (Å²) in [6.45, 7) is 0. The summed E-state index contributed by atoms with van der Waals surface area (Å²) in [5.74, 6) is 1.57. The average molecular weight is 451 g/mol. The van der Waals surface area contributed by atoms with E-state index in [9.17, 15) is 9.59 Å². The van der Waals surface area contributed by atoms with Crippen LogP contribution in [0.15, 0.2) is 73.4 Å². The Hall–Kier alpha value is -4.77. The van der Waals surface area contributed by atoms with Crippen LogP contribution in [0.25, 0.3) is 22.5 Å². The number of rotatable bonds is 7. The number of esters is 1. The van der Waals surface area contributed by atoms with Crippen LogP contribution in [-0.4, -0.2) is 45.0 Å². The topological polar surface area (TPSA) is 110 Å². The number of ether oxygens (including phenoxy) is 1. The van der Waals surface area contributed by atoms with Gasteiger partial charge in [-0.1, -0.05) is 18.1 Å². The van der Waals surface area contributed by atoms with Gasteiger partial charge < -0.3 is 15.0 Å². The number of aromatic amines is 1. The SMILES string of the molecule is C#Cc1cc(-c2ccccn2)c(C(=O)N[C@H](Cc2cnc[nH]2)C(=O)OC)c(-c2ccccn2)c1. The fraction of sp³-hybridized carbons (Fsp3) is 0.115. The molecule has 2 N–H and O–H groups in total. The predicted octanol–water partition coefficient (Wildman–Crippen LogP) is 3.03. The molecule has 1 atom stereocenters. The highest BCUT2D eigenvalue weighted by molar-refractivity contribution is 6.07. The van der Waals surface area contributed by atoms with E-state index >= 15 is 0 Å². The average Bonchev–Trinajstić information content (AvgIpc) is 3.41. The molecule has 0 unspecified atom stereocenters. The van der Waals surface area contributed by atoms with Gasteiger partial charge >= 0.3 is 5.97 Å². The second-order valence-electron chi connectivity index (χ2n) is 7.35. The highest BCUT2D eigenvalue weighted by Crippen LogP contribution is 2.32. The Kier molecular flexibility index (Phi) is 6.75. The van der Waals surface area contributed by atoms with Crippen molar-refractivity contribution in [2.75, 3.05) is 7.11 Å². The molecule has 8 nitrogen and oxygen atoms in total. The minimum absolute atomic E-state index is 0.179. The lowest BCUT2D eigenvalue weighted by molar-refractivity contribution is -0.142. The van der Waals surface area contributed by atoms with Crippen molar-refractivity contribution in [2.45, 2.75) is 12.5 Å². The molecule has 0 radical (unpaired) electrons. The standard InChI is InChI=1S/C26H21N5O3/c1-3-17-12-19(21-8-4-6-10-28-21)24(20(13-17)22-9-5-7-11-29-22)25(32)31-23(26(33)34-2)14-18-15-27-16-30-18/h1,4-13,15-16,23H,14H2,2H3,(H,27,30)(H,31,32)/t23-/m1/s1. The maximum Gasteiger partial charge on any atom is 0.328 e. The zero-order valence-corrected chi connectivity index (χ0v) is 18.4. The molecule has 0 bridgehead atoms. The zero-order valence-electron chi connectivity index (χ0n) is 18.4. The third kappa shape index (κ3) is 4.84. The summed E-state index contributed by atoms with van der Waals surface area (Å²) >= 11 is 0. The van der Waals surface area contributed by atoms with Crippen LogP contribution in [0.3, 0.4) is 0 Å². The Balaban J connectivity index is 1.85. The van der Waals surface area contributed by atoms with Crippen LogP contribution in [-0.2, 0) is 16.0 Å². The smallest absolute Gasteiger partial charge is 0.328 e. The molecule has 0 spiro atoms. The van der Waals surface area contributed by atoms with Crippen molar-refractivity contribution in [3.05, 3.63) is 90.3 Å². The minimum Gasteiger partial charge on any atom is -0.467 e. The lowest BCUT2D eigenvalue weighted by Crippen LogP contribution is -2.43. The fourth-order valence-electron chi connectivity index (χ4n) is 3.60. The van der Waals surface area contributed by atoms with E-state index in [0.717, 1.165) is 0 Å². The summed E-state index contributed by atoms with van der Waals surface area (Å²) in [7, 11) is 1.27. The van der Waals surface area contributed by atoms with Crippen molar-refractivity contribution in [1.82, 2.24) is 25.3 Å². The van der Waals surface area contributed by atoms with Gasteiger partial charge in [0.15, 0.2) is 0 Å². The maximum absolute atomic E-state index is 13.7. The quantitative estimate of drug-likeness (QED) is 0.330. The van der Waals surface area contributed by atoms with E-state index in [1.54, 1.807) is 55.0 Å². The number of amides is 1. The van der Waals surface area contributed by atoms with E-state index in [1.807, 2.05) is 12.1 Å². The second-order valence-corrected chi connectivity index (χ2v) is 7.35. The molecule has 4 aromatic rings. The Morgan fingerprint density at radius 3 is 2.21 bits per heavy atom. The van der Waals surface area contributed by atoms with E-state index in [2.05, 4.69) is 31.2 Å². The number of methoxy groups -OCH3 is 1. The van der Waals surface area contributed by atoms with Crippen LogP contribution < -0.4 is 5.32 Å². The molecule has 0 aliphatic carbocycles. The Labute approximate surface area is 196 Å². The number of imidazole rings is 1. The lowest BCUT2D eigenvalue weighted by atomic mass is 9.92. The number of terminal acetylenes is 1. The van der Waals surface area contributed by atoms with Crippen LogP contribution in [0.2, 0.25) is 0 Å². The maximum atomic E-state index is 13.7. The molecule has 1 amide bonds. The van der Waals surface area contributed by atoms with Crippen molar-refractivity contribution in [3.8, 4) is 34.9 Å². The first kappa shape index (κ1) is 22.4. The van der Waals surface area contributed by atoms with Crippen LogP contribution in [0.1, 0.15) is 21.6 Å². The molecule has 8 heteroatoms. The molecular formula is C26H21N5O3. The summed E-state index contributed by atoms with van der Waals surface area (Å²) in [6, 6.07) is 13.3. The molecule has 4 rings (SSSR count). The highest BCUT2D eigenvalue weighted by atomic mass is 16.5. The van der Waals surface area contributed by atoms with Gasteiger partial charge in [-0.15, -0.1) is 6.42 Å². The Morgan fingerprint density at radius 2 is 1.74 bits per heavy atom. The first-order valence-electron chi connectivity index (χ1n) is 10.4. The number of carbonyl (C=O) groups excluding carboxylic acids is 2. The minimum atomic E-state index is -0.946. The number of pyridine rings is 2. The second kappa shape index (κ2) is 10.2. The van der Waals surface area contributed by atoms with Gasteiger partial charge in [0.25, 0.3) is 5.91 Å². The molecule has 3 aromatic heterocycles. The predicted molar refractivity (Wildman–Crippen MR) is 126 cm³/mol. The van der Waals surface area contributed by atoms with Gasteiger partial charge in [-0.3, -0.25) is 14.8 Å². The molecular weight excluding hydrogens is 430 g/mol. The fourth-order valence-corrected chi connectivity index (χ4v) is 3.60. The third-order valence-electron chi connectivity index (χ3n) is 5.18. The number of aromatic nitrogens is 4. The van der Waals surface area contributed by atoms with E-state index in [0.29, 0.717) is 39.3 Å². The Morgan fingerprint density at radius 1 is 1.09 bits per heavy atom. The van der Waals surface area contributed by atoms with Gasteiger partial charge in [0.2, 0.25) is 0 Å². The number of hydrogen-bond acceptors (Lipinski definition) is 6. The number of hydrogen-bond donors (Lipinski definition) is 2. The van der Waals surface area contributed by atoms with Gasteiger partial charge in [-0.25, -0.2) is 9.78 Å². The zero-order chi connectivity index (χ0) is 23.9. The monoisotopic (exact) mass is 451 g/mol. The summed E-state index contributed by atoms with van der Waals surface area (Å²) in [5, 5.41) is 2.81. The first-order chi connectivity index (χ1) is 16.6. The van der Waals surface area contributed by atoms with Crippen molar-refractivity contribution < 1.29 is 14.3 Å². The molecule has 0 fully saturated rings. The van der Waals surface area contributed by atoms with E-state index < -0.39 is 17.9 Å². The van der Waals surface area contributed by atoms with Gasteiger partial charge in [0.05, 0.1) is 30.4 Å². The van der Waals surface area contributed by atoms with Crippen molar-refractivity contribution in [3.63, 3.8) is 0 Å². The van der Waals surface area contributed by atoms with Crippen molar-refractivity contribution in [1.29, 1.82) is 0 Å². The molecule has 1 aromatic carbocycles. The molecule has 0 aliphatic rings. The summed E-state index contributed by atoms with van der Waals surface area (Å²) < 4.78 is 4.92. The molecule has 0 saturated carbocycles. The van der Waals surface area contributed by atoms with E-state index in [1.165, 1.54) is 13.4 Å². The molecule has 0 saturated heterocycles. The summed E-state index contributed by atoms with van der Waals surface area (Å²) in [6.07, 6.45) is 12.3. The third-order valence-corrected chi connectivity index (χ3v) is 5.18. The van der Waals surface area contributed by atoms with Gasteiger partial charge in [-0.05, 0) is 36.4 Å². The molecule has 168 valence electrons. The molecule has 0 aliphatic heterocycles. The summed E-state index contributed by atoms with van der Waals surface area (Å²) in [5.41, 5.74) is 3.72. The number of carbonyl (C=O) groups is 2. The van der Waals surface area contributed by atoms with Gasteiger partial charge in [0, 0.05) is 47.4 Å². The molecule has 34 heavy (non-hydrogen) atoms. The number of benzene rings is 1. The van der Waals surface area contributed by atoms with Gasteiger partial charge in [0.1, 0.15) is 6.04 Å². The first-order valence-corrected chi connectivity index (χ1v) is 10.4. The number of H-pyrrole nitrogens is 1. The van der Waals surface area contributed by atoms with E-state index in [4.69, 9.17) is 11.2 Å². The van der Waals surface area contributed by atoms with Crippen LogP contribution in [0.4, 0.5) is 0 Å². The van der Waals surface area contributed by atoms with Crippen LogP contribution in [0, 0.1) is 12.3 Å². The van der Waals surface area contributed by atoms with Crippen molar-refractivity contribution in [2.24, 2.45) is 0 Å². The van der Waals surface area contributed by atoms with Crippen LogP contribution >= 0.6 is 0 Å². The van der Waals surface area contributed by atoms with Crippen molar-refractivity contribution >= 4 is 11.9 Å². The summed E-state index contributed by atoms with van der Waals surface area (Å²) in [4.78, 5) is 42.0. The highest BCUT2D eigenvalue weighted by Gasteiger charge is 2.27. The van der Waals surface area contributed by atoms with E-state index in [-0.39, 0.29) is 6.42 Å². The number of nitrogens with zero attached hydrogens (tertiary/aromatic N) is 3. The Bertz CT molecular complexity index is 1270. The largest absolute Gasteiger partial charge is 0.467 e.